The van der Waals surface area contributed by atoms with Crippen LogP contribution >= 0.6 is 11.3 Å². The molecule has 3 aromatic carbocycles. The van der Waals surface area contributed by atoms with Gasteiger partial charge in [0.2, 0.25) is 0 Å². The van der Waals surface area contributed by atoms with E-state index in [0.717, 1.165) is 27.8 Å². The Kier molecular flexibility index (Phi) is 5.49. The molecule has 1 N–H and O–H groups in total. The molecule has 4 heteroatoms. The lowest BCUT2D eigenvalue weighted by Crippen LogP contribution is -2.11. The van der Waals surface area contributed by atoms with E-state index in [4.69, 9.17) is 0 Å². The first-order valence-electron chi connectivity index (χ1n) is 9.59. The van der Waals surface area contributed by atoms with Crippen molar-refractivity contribution in [1.29, 1.82) is 0 Å². The number of unbranched alkanes of at least 4 members (excludes halogenated alkanes) is 1. The molecule has 1 amide bonds. The van der Waals surface area contributed by atoms with Gasteiger partial charge in [0.1, 0.15) is 0 Å². The first-order chi connectivity index (χ1) is 13.7. The summed E-state index contributed by atoms with van der Waals surface area (Å²) < 4.78 is 1.11. The molecule has 140 valence electrons. The molecule has 1 heterocycles. The number of benzene rings is 3. The predicted octanol–water partition coefficient (Wildman–Crippen LogP) is 6.56. The van der Waals surface area contributed by atoms with Crippen LogP contribution in [0.2, 0.25) is 0 Å². The monoisotopic (exact) mass is 386 g/mol. The second kappa shape index (κ2) is 8.36. The number of amides is 1. The number of thiazole rings is 1. The summed E-state index contributed by atoms with van der Waals surface area (Å²) in [5.41, 5.74) is 5.12. The fourth-order valence-corrected chi connectivity index (χ4v) is 4.10. The van der Waals surface area contributed by atoms with Gasteiger partial charge >= 0.3 is 0 Å². The number of hydrogen-bond acceptors (Lipinski definition) is 3. The van der Waals surface area contributed by atoms with E-state index in [9.17, 15) is 4.79 Å². The highest BCUT2D eigenvalue weighted by Gasteiger charge is 2.11. The fourth-order valence-electron chi connectivity index (χ4n) is 3.17. The van der Waals surface area contributed by atoms with Crippen LogP contribution in [-0.4, -0.2) is 10.9 Å². The minimum Gasteiger partial charge on any atom is -0.298 e. The van der Waals surface area contributed by atoms with E-state index in [0.29, 0.717) is 10.7 Å². The summed E-state index contributed by atoms with van der Waals surface area (Å²) in [5.74, 6) is -0.134. The van der Waals surface area contributed by atoms with Gasteiger partial charge in [0.05, 0.1) is 10.2 Å². The molecule has 4 aromatic rings. The number of aryl methyl sites for hydroxylation is 1. The predicted molar refractivity (Wildman–Crippen MR) is 118 cm³/mol. The van der Waals surface area contributed by atoms with Crippen molar-refractivity contribution in [3.63, 3.8) is 0 Å². The Morgan fingerprint density at radius 2 is 1.71 bits per heavy atom. The van der Waals surface area contributed by atoms with Crippen LogP contribution in [-0.2, 0) is 6.42 Å². The molecule has 1 aromatic heterocycles. The number of nitrogens with zero attached hydrogens (tertiary/aromatic N) is 1. The van der Waals surface area contributed by atoms with Crippen LogP contribution in [0.3, 0.4) is 0 Å². The molecular formula is C24H22N2OS. The Balaban J connectivity index is 1.48. The SMILES string of the molecule is CCCCc1ccc2nc(NC(=O)c3ccc(-c4ccccc4)cc3)sc2c1. The van der Waals surface area contributed by atoms with E-state index in [1.807, 2.05) is 48.5 Å². The third-order valence-electron chi connectivity index (χ3n) is 4.75. The van der Waals surface area contributed by atoms with Crippen LogP contribution in [0, 0.1) is 0 Å². The molecule has 0 fully saturated rings. The van der Waals surface area contributed by atoms with Gasteiger partial charge in [-0.25, -0.2) is 4.98 Å². The lowest BCUT2D eigenvalue weighted by molar-refractivity contribution is 0.102. The minimum absolute atomic E-state index is 0.134. The second-order valence-electron chi connectivity index (χ2n) is 6.82. The summed E-state index contributed by atoms with van der Waals surface area (Å²) in [6.07, 6.45) is 3.46. The Labute approximate surface area is 169 Å². The van der Waals surface area contributed by atoms with Crippen molar-refractivity contribution in [2.45, 2.75) is 26.2 Å². The van der Waals surface area contributed by atoms with Gasteiger partial charge in [-0.15, -0.1) is 0 Å². The highest BCUT2D eigenvalue weighted by atomic mass is 32.1. The van der Waals surface area contributed by atoms with E-state index in [-0.39, 0.29) is 5.91 Å². The highest BCUT2D eigenvalue weighted by molar-refractivity contribution is 7.22. The maximum absolute atomic E-state index is 12.6. The minimum atomic E-state index is -0.134. The van der Waals surface area contributed by atoms with E-state index in [1.54, 1.807) is 0 Å². The molecule has 0 unspecified atom stereocenters. The number of anilines is 1. The van der Waals surface area contributed by atoms with Gasteiger partial charge in [0, 0.05) is 5.56 Å². The van der Waals surface area contributed by atoms with Crippen molar-refractivity contribution in [2.75, 3.05) is 5.32 Å². The van der Waals surface area contributed by atoms with Crippen LogP contribution in [0.15, 0.2) is 72.8 Å². The largest absolute Gasteiger partial charge is 0.298 e. The maximum Gasteiger partial charge on any atom is 0.257 e. The van der Waals surface area contributed by atoms with Gasteiger partial charge in [-0.1, -0.05) is 73.2 Å². The van der Waals surface area contributed by atoms with Crippen molar-refractivity contribution in [2.24, 2.45) is 0 Å². The number of fused-ring (bicyclic) bond motifs is 1. The maximum atomic E-state index is 12.6. The first-order valence-corrected chi connectivity index (χ1v) is 10.4. The van der Waals surface area contributed by atoms with Crippen molar-refractivity contribution in [3.8, 4) is 11.1 Å². The van der Waals surface area contributed by atoms with Crippen LogP contribution in [0.25, 0.3) is 21.3 Å². The number of carbonyl (C=O) groups is 1. The first kappa shape index (κ1) is 18.4. The normalized spacial score (nSPS) is 10.9. The number of hydrogen-bond donors (Lipinski definition) is 1. The summed E-state index contributed by atoms with van der Waals surface area (Å²) in [6.45, 7) is 2.20. The van der Waals surface area contributed by atoms with Crippen molar-refractivity contribution < 1.29 is 4.79 Å². The molecule has 0 aliphatic heterocycles. The summed E-state index contributed by atoms with van der Waals surface area (Å²) in [5, 5.41) is 3.58. The number of nitrogens with one attached hydrogen (secondary N) is 1. The van der Waals surface area contributed by atoms with E-state index in [1.165, 1.54) is 29.7 Å². The van der Waals surface area contributed by atoms with Gasteiger partial charge in [0.25, 0.3) is 5.91 Å². The quantitative estimate of drug-likeness (QED) is 0.408. The number of carbonyl (C=O) groups excluding carboxylic acids is 1. The molecule has 0 aliphatic rings. The van der Waals surface area contributed by atoms with E-state index >= 15 is 0 Å². The van der Waals surface area contributed by atoms with Gasteiger partial charge in [0.15, 0.2) is 5.13 Å². The smallest absolute Gasteiger partial charge is 0.257 e. The second-order valence-corrected chi connectivity index (χ2v) is 7.85. The van der Waals surface area contributed by atoms with Gasteiger partial charge in [-0.2, -0.15) is 0 Å². The van der Waals surface area contributed by atoms with Gasteiger partial charge < -0.3 is 0 Å². The topological polar surface area (TPSA) is 42.0 Å². The van der Waals surface area contributed by atoms with Crippen molar-refractivity contribution in [1.82, 2.24) is 4.98 Å². The Hall–Kier alpha value is -2.98. The van der Waals surface area contributed by atoms with Crippen LogP contribution < -0.4 is 5.32 Å². The third-order valence-corrected chi connectivity index (χ3v) is 5.68. The fraction of sp³-hybridized carbons (Fsp3) is 0.167. The average Bonchev–Trinajstić information content (AvgIpc) is 3.14. The number of rotatable bonds is 6. The zero-order valence-corrected chi connectivity index (χ0v) is 16.6. The van der Waals surface area contributed by atoms with E-state index < -0.39 is 0 Å². The molecule has 0 bridgehead atoms. The molecule has 0 saturated heterocycles. The molecule has 3 nitrogen and oxygen atoms in total. The lowest BCUT2D eigenvalue weighted by Gasteiger charge is -2.04. The summed E-state index contributed by atoms with van der Waals surface area (Å²) in [7, 11) is 0. The zero-order chi connectivity index (χ0) is 19.3. The lowest BCUT2D eigenvalue weighted by atomic mass is 10.0. The molecule has 0 spiro atoms. The van der Waals surface area contributed by atoms with Crippen LogP contribution in [0.4, 0.5) is 5.13 Å². The molecular weight excluding hydrogens is 364 g/mol. The molecule has 0 radical (unpaired) electrons. The Morgan fingerprint density at radius 3 is 2.46 bits per heavy atom. The van der Waals surface area contributed by atoms with Crippen molar-refractivity contribution in [3.05, 3.63) is 83.9 Å². The highest BCUT2D eigenvalue weighted by Crippen LogP contribution is 2.28. The van der Waals surface area contributed by atoms with Gasteiger partial charge in [-0.3, -0.25) is 10.1 Å². The van der Waals surface area contributed by atoms with Crippen LogP contribution in [0.1, 0.15) is 35.7 Å². The Morgan fingerprint density at radius 1 is 0.964 bits per heavy atom. The molecule has 0 atom stereocenters. The van der Waals surface area contributed by atoms with Gasteiger partial charge in [-0.05, 0) is 53.8 Å². The van der Waals surface area contributed by atoms with Crippen LogP contribution in [0.5, 0.6) is 0 Å². The average molecular weight is 387 g/mol. The molecule has 0 aliphatic carbocycles. The summed E-state index contributed by atoms with van der Waals surface area (Å²) >= 11 is 1.52. The molecule has 28 heavy (non-hydrogen) atoms. The third kappa shape index (κ3) is 4.12. The van der Waals surface area contributed by atoms with Crippen molar-refractivity contribution >= 4 is 32.6 Å². The Bertz CT molecular complexity index is 1080. The molecule has 4 rings (SSSR count). The summed E-state index contributed by atoms with van der Waals surface area (Å²) in [6, 6.07) is 24.2. The number of aromatic nitrogens is 1. The zero-order valence-electron chi connectivity index (χ0n) is 15.8. The van der Waals surface area contributed by atoms with E-state index in [2.05, 4.69) is 41.5 Å². The molecule has 0 saturated carbocycles. The standard InChI is InChI=1S/C24H22N2OS/c1-2-3-7-17-10-15-21-22(16-17)28-24(25-21)26-23(27)20-13-11-19(12-14-20)18-8-5-4-6-9-18/h4-6,8-16H,2-3,7H2,1H3,(H,25,26,27). The summed E-state index contributed by atoms with van der Waals surface area (Å²) in [4.78, 5) is 17.2.